The van der Waals surface area contributed by atoms with E-state index in [4.69, 9.17) is 0 Å². The molecule has 0 aliphatic heterocycles. The molecular formula is C22H25N5O4S. The Morgan fingerprint density at radius 3 is 2.22 bits per heavy atom. The van der Waals surface area contributed by atoms with E-state index < -0.39 is 9.85 Å². The fraction of sp³-hybridized carbons (Fsp3) is 0.364. The molecule has 9 nitrogen and oxygen atoms in total. The fourth-order valence-corrected chi connectivity index (χ4v) is 4.23. The number of hydrogen-bond acceptors (Lipinski definition) is 7. The topological polar surface area (TPSA) is 117 Å². The number of nitro benzene ring substituents is 2. The monoisotopic (exact) mass is 455 g/mol. The van der Waals surface area contributed by atoms with Crippen LogP contribution in [-0.2, 0) is 18.7 Å². The molecule has 0 radical (unpaired) electrons. The molecule has 1 aromatic heterocycles. The number of nitro groups is 2. The number of hydrogen-bond donors (Lipinski definition) is 0. The maximum absolute atomic E-state index is 11.2. The van der Waals surface area contributed by atoms with E-state index in [1.54, 1.807) is 0 Å². The number of aromatic nitrogens is 3. The van der Waals surface area contributed by atoms with E-state index in [9.17, 15) is 20.2 Å². The third-order valence-electron chi connectivity index (χ3n) is 4.98. The molecule has 0 spiro atoms. The minimum Gasteiger partial charge on any atom is -0.302 e. The molecule has 0 saturated heterocycles. The Labute approximate surface area is 190 Å². The molecule has 3 rings (SSSR count). The molecule has 168 valence electrons. The summed E-state index contributed by atoms with van der Waals surface area (Å²) < 4.78 is 2.07. The Balaban J connectivity index is 1.81. The molecule has 3 aromatic rings. The van der Waals surface area contributed by atoms with Crippen molar-refractivity contribution in [2.75, 3.05) is 0 Å². The quantitative estimate of drug-likeness (QED) is 0.152. The molecule has 10 heteroatoms. The van der Waals surface area contributed by atoms with Crippen molar-refractivity contribution in [1.29, 1.82) is 0 Å². The predicted molar refractivity (Wildman–Crippen MR) is 123 cm³/mol. The largest absolute Gasteiger partial charge is 0.302 e. The first kappa shape index (κ1) is 23.4. The van der Waals surface area contributed by atoms with Gasteiger partial charge in [-0.2, -0.15) is 0 Å². The van der Waals surface area contributed by atoms with Gasteiger partial charge in [0.15, 0.2) is 5.16 Å². The van der Waals surface area contributed by atoms with Crippen LogP contribution >= 0.6 is 11.8 Å². The van der Waals surface area contributed by atoms with Crippen molar-refractivity contribution < 1.29 is 9.85 Å². The van der Waals surface area contributed by atoms with Gasteiger partial charge >= 0.3 is 0 Å². The molecule has 1 heterocycles. The zero-order valence-electron chi connectivity index (χ0n) is 17.8. The minimum atomic E-state index is -0.618. The molecule has 0 aliphatic carbocycles. The summed E-state index contributed by atoms with van der Waals surface area (Å²) in [6, 6.07) is 13.7. The first-order chi connectivity index (χ1) is 15.5. The van der Waals surface area contributed by atoms with Crippen LogP contribution in [0.4, 0.5) is 11.4 Å². The number of rotatable bonds is 12. The fourth-order valence-electron chi connectivity index (χ4n) is 3.34. The lowest BCUT2D eigenvalue weighted by Gasteiger charge is -2.10. The Morgan fingerprint density at radius 1 is 0.906 bits per heavy atom. The highest BCUT2D eigenvalue weighted by Gasteiger charge is 2.18. The van der Waals surface area contributed by atoms with E-state index in [2.05, 4.69) is 21.7 Å². The van der Waals surface area contributed by atoms with Gasteiger partial charge < -0.3 is 4.57 Å². The molecule has 32 heavy (non-hydrogen) atoms. The van der Waals surface area contributed by atoms with Crippen molar-refractivity contribution in [3.63, 3.8) is 0 Å². The van der Waals surface area contributed by atoms with Gasteiger partial charge in [-0.1, -0.05) is 68.3 Å². The Hall–Kier alpha value is -3.27. The number of aryl methyl sites for hydroxylation is 1. The summed E-state index contributed by atoms with van der Waals surface area (Å²) in [5, 5.41) is 31.7. The van der Waals surface area contributed by atoms with Crippen LogP contribution in [0.1, 0.15) is 49.6 Å². The van der Waals surface area contributed by atoms with Crippen LogP contribution in [0.5, 0.6) is 0 Å². The molecule has 0 fully saturated rings. The van der Waals surface area contributed by atoms with E-state index in [0.717, 1.165) is 43.1 Å². The average molecular weight is 456 g/mol. The summed E-state index contributed by atoms with van der Waals surface area (Å²) >= 11 is 1.37. The molecule has 0 saturated carbocycles. The molecule has 0 bridgehead atoms. The highest BCUT2D eigenvalue weighted by Crippen LogP contribution is 2.28. The maximum Gasteiger partial charge on any atom is 0.276 e. The summed E-state index contributed by atoms with van der Waals surface area (Å²) in [4.78, 5) is 21.1. The molecule has 2 aromatic carbocycles. The summed E-state index contributed by atoms with van der Waals surface area (Å²) in [6.45, 7) is 2.79. The van der Waals surface area contributed by atoms with Crippen LogP contribution in [0, 0.1) is 20.2 Å². The molecule has 0 unspecified atom stereocenters. The van der Waals surface area contributed by atoms with Crippen LogP contribution in [0.25, 0.3) is 0 Å². The number of thioether (sulfide) groups is 1. The number of unbranched alkanes of at least 4 members (excludes halogenated alkanes) is 3. The van der Waals surface area contributed by atoms with Crippen molar-refractivity contribution in [3.8, 4) is 0 Å². The predicted octanol–water partition coefficient (Wildman–Crippen LogP) is 5.56. The summed E-state index contributed by atoms with van der Waals surface area (Å²) in [6.07, 6.45) is 5.33. The summed E-state index contributed by atoms with van der Waals surface area (Å²) in [7, 11) is 0. The second-order valence-electron chi connectivity index (χ2n) is 7.44. The van der Waals surface area contributed by atoms with Crippen molar-refractivity contribution in [1.82, 2.24) is 14.8 Å². The first-order valence-corrected chi connectivity index (χ1v) is 11.5. The van der Waals surface area contributed by atoms with Gasteiger partial charge in [0, 0.05) is 24.3 Å². The number of non-ortho nitro benzene ring substituents is 2. The highest BCUT2D eigenvalue weighted by atomic mass is 32.2. The maximum atomic E-state index is 11.2. The van der Waals surface area contributed by atoms with Crippen LogP contribution in [-0.4, -0.2) is 24.6 Å². The van der Waals surface area contributed by atoms with Crippen molar-refractivity contribution in [2.24, 2.45) is 0 Å². The third-order valence-corrected chi connectivity index (χ3v) is 6.02. The average Bonchev–Trinajstić information content (AvgIpc) is 3.17. The summed E-state index contributed by atoms with van der Waals surface area (Å²) in [5.41, 5.74) is 1.03. The van der Waals surface area contributed by atoms with E-state index in [0.29, 0.717) is 23.0 Å². The highest BCUT2D eigenvalue weighted by molar-refractivity contribution is 7.98. The zero-order chi connectivity index (χ0) is 22.9. The van der Waals surface area contributed by atoms with Crippen LogP contribution in [0.15, 0.2) is 53.7 Å². The van der Waals surface area contributed by atoms with Gasteiger partial charge in [-0.05, 0) is 17.5 Å². The van der Waals surface area contributed by atoms with Crippen molar-refractivity contribution in [3.05, 3.63) is 85.7 Å². The van der Waals surface area contributed by atoms with E-state index >= 15 is 0 Å². The zero-order valence-corrected chi connectivity index (χ0v) is 18.7. The number of benzene rings is 2. The van der Waals surface area contributed by atoms with Gasteiger partial charge in [0.1, 0.15) is 5.82 Å². The lowest BCUT2D eigenvalue weighted by atomic mass is 10.1. The van der Waals surface area contributed by atoms with Crippen LogP contribution in [0.3, 0.4) is 0 Å². The van der Waals surface area contributed by atoms with E-state index in [1.165, 1.54) is 30.3 Å². The number of nitrogens with zero attached hydrogens (tertiary/aromatic N) is 5. The minimum absolute atomic E-state index is 0.294. The van der Waals surface area contributed by atoms with Crippen molar-refractivity contribution >= 4 is 23.1 Å². The molecule has 0 aliphatic rings. The van der Waals surface area contributed by atoms with Crippen molar-refractivity contribution in [2.45, 2.75) is 56.5 Å². The van der Waals surface area contributed by atoms with Gasteiger partial charge in [0.25, 0.3) is 11.4 Å². The summed E-state index contributed by atoms with van der Waals surface area (Å²) in [5.74, 6) is 1.21. The Bertz CT molecular complexity index is 1040. The molecule has 0 atom stereocenters. The molecular weight excluding hydrogens is 430 g/mol. The molecule has 0 N–H and O–H groups in total. The second-order valence-corrected chi connectivity index (χ2v) is 8.38. The lowest BCUT2D eigenvalue weighted by Crippen LogP contribution is -2.07. The standard InChI is InChI=1S/C22H25N5O4S/c1-2-3-4-8-11-21-23-24-22(25(21)15-17-9-6-5-7-10-17)32-16-18-12-19(26(28)29)14-20(13-18)27(30)31/h5-7,9-10,12-14H,2-4,8,11,15-16H2,1H3. The van der Waals surface area contributed by atoms with Gasteiger partial charge in [0.05, 0.1) is 22.5 Å². The SMILES string of the molecule is CCCCCCc1nnc(SCc2cc([N+](=O)[O-])cc([N+](=O)[O-])c2)n1Cc1ccccc1. The smallest absolute Gasteiger partial charge is 0.276 e. The van der Waals surface area contributed by atoms with Gasteiger partial charge in [-0.15, -0.1) is 10.2 Å². The van der Waals surface area contributed by atoms with Gasteiger partial charge in [-0.25, -0.2) is 0 Å². The van der Waals surface area contributed by atoms with Gasteiger partial charge in [0.2, 0.25) is 0 Å². The van der Waals surface area contributed by atoms with Gasteiger partial charge in [-0.3, -0.25) is 20.2 Å². The normalized spacial score (nSPS) is 10.9. The Kier molecular flexibility index (Phi) is 8.32. The van der Waals surface area contributed by atoms with Crippen LogP contribution < -0.4 is 0 Å². The lowest BCUT2D eigenvalue weighted by molar-refractivity contribution is -0.394. The second kappa shape index (κ2) is 11.4. The van der Waals surface area contributed by atoms with E-state index in [1.807, 2.05) is 30.3 Å². The van der Waals surface area contributed by atoms with E-state index in [-0.39, 0.29) is 11.4 Å². The molecule has 0 amide bonds. The first-order valence-electron chi connectivity index (χ1n) is 10.5. The Morgan fingerprint density at radius 2 is 1.59 bits per heavy atom. The van der Waals surface area contributed by atoms with Crippen LogP contribution in [0.2, 0.25) is 0 Å². The third kappa shape index (κ3) is 6.36.